The largest absolute Gasteiger partial charge is 0.422 e. The summed E-state index contributed by atoms with van der Waals surface area (Å²) in [6.07, 6.45) is -3.74. The average molecular weight is 688 g/mol. The van der Waals surface area contributed by atoms with Gasteiger partial charge in [0.2, 0.25) is 0 Å². The van der Waals surface area contributed by atoms with Crippen LogP contribution in [0.2, 0.25) is 0 Å². The number of amides is 2. The average Bonchev–Trinajstić information content (AvgIpc) is 3.48. The summed E-state index contributed by atoms with van der Waals surface area (Å²) in [5.41, 5.74) is 1.29. The van der Waals surface area contributed by atoms with Gasteiger partial charge < -0.3 is 15.0 Å². The Hall–Kier alpha value is -3.62. The van der Waals surface area contributed by atoms with E-state index in [1.165, 1.54) is 12.1 Å². The molecule has 44 heavy (non-hydrogen) atoms. The zero-order chi connectivity index (χ0) is 31.9. The van der Waals surface area contributed by atoms with Gasteiger partial charge in [-0.25, -0.2) is 9.32 Å². The fourth-order valence-electron chi connectivity index (χ4n) is 4.80. The third-order valence-electron chi connectivity index (χ3n) is 7.22. The number of benzene rings is 3. The molecule has 3 aromatic rings. The van der Waals surface area contributed by atoms with Gasteiger partial charge >= 0.3 is 31.7 Å². The molecule has 0 bridgehead atoms. The van der Waals surface area contributed by atoms with E-state index in [1.807, 2.05) is 30.3 Å². The molecule has 2 aliphatic heterocycles. The van der Waals surface area contributed by atoms with Gasteiger partial charge in [0, 0.05) is 11.0 Å². The molecule has 2 aliphatic rings. The van der Waals surface area contributed by atoms with Gasteiger partial charge in [0.05, 0.1) is 34.7 Å². The molecule has 4 atom stereocenters. The zero-order valence-corrected chi connectivity index (χ0v) is 26.5. The fraction of sp³-hybridized carbons (Fsp3) is 0.323. The van der Waals surface area contributed by atoms with Crippen molar-refractivity contribution in [3.8, 4) is 6.07 Å². The smallest absolute Gasteiger partial charge is 0.408 e. The van der Waals surface area contributed by atoms with Crippen molar-refractivity contribution in [1.29, 1.82) is 5.26 Å². The number of halogens is 3. The molecule has 2 saturated heterocycles. The van der Waals surface area contributed by atoms with E-state index in [9.17, 15) is 19.4 Å². The van der Waals surface area contributed by atoms with Crippen molar-refractivity contribution in [2.24, 2.45) is 5.41 Å². The summed E-state index contributed by atoms with van der Waals surface area (Å²) < 4.78 is 57.3. The summed E-state index contributed by atoms with van der Waals surface area (Å²) in [5, 5.41) is 12.2. The van der Waals surface area contributed by atoms with Crippen molar-refractivity contribution in [2.75, 3.05) is 0 Å². The minimum Gasteiger partial charge on any atom is -0.422 e. The molecule has 13 heteroatoms. The molecule has 0 aliphatic carbocycles. The normalized spacial score (nSPS) is 23.2. The van der Waals surface area contributed by atoms with Gasteiger partial charge in [-0.15, -0.1) is 0 Å². The highest BCUT2D eigenvalue weighted by Crippen LogP contribution is 2.73. The Morgan fingerprint density at radius 2 is 1.77 bits per heavy atom. The first-order chi connectivity index (χ1) is 20.7. The van der Waals surface area contributed by atoms with Gasteiger partial charge in [0.1, 0.15) is 0 Å². The van der Waals surface area contributed by atoms with Gasteiger partial charge in [0.15, 0.2) is 0 Å². The summed E-state index contributed by atoms with van der Waals surface area (Å²) in [7, 11) is -4.38. The first kappa shape index (κ1) is 31.8. The van der Waals surface area contributed by atoms with Crippen LogP contribution >= 0.6 is 23.5 Å². The molecule has 2 amide bonds. The van der Waals surface area contributed by atoms with Crippen LogP contribution in [-0.2, 0) is 42.2 Å². The zero-order valence-electron chi connectivity index (χ0n) is 24.0. The topological polar surface area (TPSA) is 121 Å². The Kier molecular flexibility index (Phi) is 8.71. The van der Waals surface area contributed by atoms with Crippen LogP contribution in [0.15, 0.2) is 77.3 Å². The Morgan fingerprint density at radius 1 is 1.09 bits per heavy atom. The second-order valence-corrected chi connectivity index (χ2v) is 14.3. The van der Waals surface area contributed by atoms with E-state index >= 15 is 8.78 Å². The molecule has 0 radical (unpaired) electrons. The lowest BCUT2D eigenvalue weighted by Gasteiger charge is -2.27. The SMILES string of the molecule is CC(C)(C)C(=O)OC1OP1(=O)OC(F)(F)c1ccc(CC2C(c3ccc(C#N)cc3)NC(=O)N2Cc2ccccc2)cc1Br. The van der Waals surface area contributed by atoms with Crippen LogP contribution in [0, 0.1) is 16.7 Å². The van der Waals surface area contributed by atoms with E-state index in [0.29, 0.717) is 24.1 Å². The number of nitrogens with one attached hydrogen (secondary N) is 1. The van der Waals surface area contributed by atoms with Crippen LogP contribution in [-0.4, -0.2) is 29.0 Å². The molecule has 5 rings (SSSR count). The lowest BCUT2D eigenvalue weighted by molar-refractivity contribution is -0.185. The maximum absolute atomic E-state index is 15.2. The minimum absolute atomic E-state index is 0.0153. The molecule has 9 nitrogen and oxygen atoms in total. The predicted octanol–water partition coefficient (Wildman–Crippen LogP) is 7.36. The number of alkyl halides is 2. The van der Waals surface area contributed by atoms with Crippen LogP contribution in [0.5, 0.6) is 0 Å². The van der Waals surface area contributed by atoms with Crippen molar-refractivity contribution in [1.82, 2.24) is 10.2 Å². The highest BCUT2D eigenvalue weighted by molar-refractivity contribution is 9.10. The van der Waals surface area contributed by atoms with Crippen LogP contribution in [0.25, 0.3) is 0 Å². The molecule has 0 saturated carbocycles. The van der Waals surface area contributed by atoms with Crippen molar-refractivity contribution in [2.45, 2.75) is 58.0 Å². The van der Waals surface area contributed by atoms with E-state index in [0.717, 1.165) is 17.2 Å². The highest BCUT2D eigenvalue weighted by Gasteiger charge is 2.64. The van der Waals surface area contributed by atoms with Crippen LogP contribution < -0.4 is 5.32 Å². The number of urea groups is 1. The molecule has 2 heterocycles. The van der Waals surface area contributed by atoms with E-state index in [-0.39, 0.29) is 10.5 Å². The summed E-state index contributed by atoms with van der Waals surface area (Å²) in [6.45, 7) is 5.00. The predicted molar refractivity (Wildman–Crippen MR) is 159 cm³/mol. The molecule has 0 aromatic heterocycles. The van der Waals surface area contributed by atoms with Crippen molar-refractivity contribution in [3.05, 3.63) is 105 Å². The number of hydrogen-bond donors (Lipinski definition) is 1. The second-order valence-electron chi connectivity index (χ2n) is 11.6. The molecule has 0 spiro atoms. The molecule has 2 fully saturated rings. The maximum Gasteiger partial charge on any atom is 0.408 e. The quantitative estimate of drug-likeness (QED) is 0.142. The van der Waals surface area contributed by atoms with Crippen LogP contribution in [0.4, 0.5) is 13.6 Å². The standard InChI is InChI=1S/C31H29BrF2N3O6P/c1-30(2,3)27(38)41-29-42-44(29,40)43-31(33,34)23-14-11-21(15-24(23)32)16-25-26(22-12-9-19(17-35)10-13-22)36-28(39)37(25)18-20-7-5-4-6-8-20/h4-15,25-26,29H,16,18H2,1-3H3,(H,36,39). The van der Waals surface area contributed by atoms with E-state index in [2.05, 4.69) is 31.8 Å². The molecule has 3 aromatic carbocycles. The number of nitriles is 1. The summed E-state index contributed by atoms with van der Waals surface area (Å²) in [4.78, 5) is 26.9. The van der Waals surface area contributed by atoms with Crippen molar-refractivity contribution in [3.63, 3.8) is 0 Å². The molecular weight excluding hydrogens is 659 g/mol. The number of carbonyl (C=O) groups excluding carboxylic acids is 2. The molecule has 230 valence electrons. The number of carbonyl (C=O) groups is 2. The van der Waals surface area contributed by atoms with Crippen molar-refractivity contribution < 1.29 is 36.7 Å². The van der Waals surface area contributed by atoms with E-state index < -0.39 is 48.8 Å². The number of rotatable bonds is 9. The van der Waals surface area contributed by atoms with E-state index in [1.54, 1.807) is 49.9 Å². The lowest BCUT2D eigenvalue weighted by Crippen LogP contribution is -2.35. The number of ether oxygens (including phenoxy) is 1. The highest BCUT2D eigenvalue weighted by atomic mass is 79.9. The Bertz CT molecular complexity index is 1660. The van der Waals surface area contributed by atoms with Crippen molar-refractivity contribution >= 4 is 35.5 Å². The van der Waals surface area contributed by atoms with Gasteiger partial charge in [-0.1, -0.05) is 64.5 Å². The molecule has 1 N–H and O–H groups in total. The number of esters is 1. The summed E-state index contributed by atoms with van der Waals surface area (Å²) in [6, 6.07) is 19.8. The third-order valence-corrected chi connectivity index (χ3v) is 9.37. The number of hydrogen-bond acceptors (Lipinski definition) is 7. The fourth-order valence-corrected chi connectivity index (χ4v) is 6.70. The Morgan fingerprint density at radius 3 is 2.39 bits per heavy atom. The third kappa shape index (κ3) is 6.87. The summed E-state index contributed by atoms with van der Waals surface area (Å²) >= 11 is 3.20. The van der Waals surface area contributed by atoms with Gasteiger partial charge in [-0.2, -0.15) is 14.0 Å². The van der Waals surface area contributed by atoms with Gasteiger partial charge in [-0.3, -0.25) is 13.9 Å². The maximum atomic E-state index is 15.2. The Labute approximate surface area is 261 Å². The molecular formula is C31H29BrF2N3O6P. The van der Waals surface area contributed by atoms with Gasteiger partial charge in [0.25, 0.3) is 0 Å². The Balaban J connectivity index is 1.36. The minimum atomic E-state index is -4.38. The van der Waals surface area contributed by atoms with Gasteiger partial charge in [-0.05, 0) is 68.1 Å². The molecule has 4 unspecified atom stereocenters. The monoisotopic (exact) mass is 687 g/mol. The first-order valence-electron chi connectivity index (χ1n) is 13.7. The van der Waals surface area contributed by atoms with Crippen LogP contribution in [0.1, 0.15) is 54.6 Å². The number of nitrogens with zero attached hydrogens (tertiary/aromatic N) is 2. The second kappa shape index (κ2) is 12.1. The first-order valence-corrected chi connectivity index (χ1v) is 16.1. The van der Waals surface area contributed by atoms with Crippen LogP contribution in [0.3, 0.4) is 0 Å². The van der Waals surface area contributed by atoms with E-state index in [4.69, 9.17) is 9.26 Å². The lowest BCUT2D eigenvalue weighted by atomic mass is 9.93. The summed E-state index contributed by atoms with van der Waals surface area (Å²) in [5.74, 6) is -0.766.